The average Bonchev–Trinajstić information content (AvgIpc) is 2.03. The summed E-state index contributed by atoms with van der Waals surface area (Å²) in [7, 11) is 0. The molecule has 0 bridgehead atoms. The molecule has 1 N–H and O–H groups in total. The van der Waals surface area contributed by atoms with Gasteiger partial charge in [0.05, 0.1) is 0 Å². The van der Waals surface area contributed by atoms with Crippen LogP contribution in [0.5, 0.6) is 0 Å². The lowest BCUT2D eigenvalue weighted by Crippen LogP contribution is -2.35. The summed E-state index contributed by atoms with van der Waals surface area (Å²) in [6, 6.07) is 0. The Balaban J connectivity index is 2.93. The van der Waals surface area contributed by atoms with Crippen LogP contribution in [0.2, 0.25) is 0 Å². The summed E-state index contributed by atoms with van der Waals surface area (Å²) in [5.41, 5.74) is 0.180. The third-order valence-corrected chi connectivity index (χ3v) is 2.63. The van der Waals surface area contributed by atoms with E-state index in [0.717, 1.165) is 6.54 Å². The second-order valence-corrected chi connectivity index (χ2v) is 5.51. The molecule has 1 amide bonds. The van der Waals surface area contributed by atoms with Crippen LogP contribution >= 0.6 is 0 Å². The number of hydrogen-bond donors (Lipinski definition) is 1. The summed E-state index contributed by atoms with van der Waals surface area (Å²) < 4.78 is 0. The van der Waals surface area contributed by atoms with Crippen LogP contribution in [0.25, 0.3) is 0 Å². The molecule has 1 rings (SSSR count). The molecule has 1 atom stereocenters. The predicted molar refractivity (Wildman–Crippen MR) is 49.7 cm³/mol. The molecule has 1 saturated heterocycles. The van der Waals surface area contributed by atoms with Crippen molar-refractivity contribution in [2.45, 2.75) is 34.6 Å². The Kier molecular flexibility index (Phi) is 1.97. The fraction of sp³-hybridized carbons (Fsp3) is 0.900. The number of rotatable bonds is 0. The minimum Gasteiger partial charge on any atom is -0.355 e. The smallest absolute Gasteiger partial charge is 0.224 e. The van der Waals surface area contributed by atoms with E-state index < -0.39 is 0 Å². The summed E-state index contributed by atoms with van der Waals surface area (Å²) in [4.78, 5) is 11.5. The summed E-state index contributed by atoms with van der Waals surface area (Å²) in [6.45, 7) is 11.5. The molecule has 70 valence electrons. The van der Waals surface area contributed by atoms with Gasteiger partial charge in [0, 0.05) is 12.5 Å². The summed E-state index contributed by atoms with van der Waals surface area (Å²) in [5, 5.41) is 2.93. The van der Waals surface area contributed by atoms with Crippen LogP contribution in [-0.4, -0.2) is 12.5 Å². The van der Waals surface area contributed by atoms with Gasteiger partial charge in [-0.1, -0.05) is 34.6 Å². The predicted octanol–water partition coefficient (Wildman–Crippen LogP) is 1.80. The molecule has 1 aliphatic heterocycles. The Bertz CT molecular complexity index is 200. The highest BCUT2D eigenvalue weighted by atomic mass is 16.2. The van der Waals surface area contributed by atoms with Gasteiger partial charge in [-0.2, -0.15) is 0 Å². The molecule has 0 aliphatic carbocycles. The summed E-state index contributed by atoms with van der Waals surface area (Å²) in [5.74, 6) is 0.359. The van der Waals surface area contributed by atoms with Crippen LogP contribution in [0, 0.1) is 16.7 Å². The van der Waals surface area contributed by atoms with Crippen molar-refractivity contribution < 1.29 is 4.79 Å². The lowest BCUT2D eigenvalue weighted by Gasteiger charge is -2.34. The zero-order chi connectivity index (χ0) is 9.57. The van der Waals surface area contributed by atoms with Crippen molar-refractivity contribution in [1.82, 2.24) is 5.32 Å². The van der Waals surface area contributed by atoms with Crippen LogP contribution in [0.4, 0.5) is 0 Å². The highest BCUT2D eigenvalue weighted by Gasteiger charge is 2.47. The van der Waals surface area contributed by atoms with E-state index >= 15 is 0 Å². The molecular weight excluding hydrogens is 150 g/mol. The topological polar surface area (TPSA) is 29.1 Å². The molecule has 0 aromatic carbocycles. The van der Waals surface area contributed by atoms with E-state index in [2.05, 4.69) is 39.9 Å². The largest absolute Gasteiger partial charge is 0.355 e. The van der Waals surface area contributed by atoms with Gasteiger partial charge in [0.2, 0.25) is 5.91 Å². The Morgan fingerprint density at radius 3 is 2.08 bits per heavy atom. The van der Waals surface area contributed by atoms with Gasteiger partial charge in [0.1, 0.15) is 0 Å². The maximum atomic E-state index is 11.5. The number of hydrogen-bond acceptors (Lipinski definition) is 1. The second kappa shape index (κ2) is 2.48. The highest BCUT2D eigenvalue weighted by molar-refractivity contribution is 5.82. The first kappa shape index (κ1) is 9.56. The molecule has 1 aliphatic rings. The van der Waals surface area contributed by atoms with Gasteiger partial charge in [0.15, 0.2) is 0 Å². The summed E-state index contributed by atoms with van der Waals surface area (Å²) in [6.07, 6.45) is 0. The SMILES string of the molecule is CC(C)(C)C1C(=O)NCC1(C)C. The fourth-order valence-electron chi connectivity index (χ4n) is 2.44. The molecule has 0 aromatic heterocycles. The molecule has 2 nitrogen and oxygen atoms in total. The normalized spacial score (nSPS) is 28.8. The Morgan fingerprint density at radius 1 is 1.42 bits per heavy atom. The van der Waals surface area contributed by atoms with Gasteiger partial charge in [-0.05, 0) is 10.8 Å². The van der Waals surface area contributed by atoms with Crippen molar-refractivity contribution in [3.63, 3.8) is 0 Å². The van der Waals surface area contributed by atoms with Crippen molar-refractivity contribution in [1.29, 1.82) is 0 Å². The standard InChI is InChI=1S/C10H19NO/c1-9(2,3)7-8(12)11-6-10(7,4)5/h7H,6H2,1-5H3,(H,11,12). The van der Waals surface area contributed by atoms with Crippen molar-refractivity contribution in [3.05, 3.63) is 0 Å². The lowest BCUT2D eigenvalue weighted by molar-refractivity contribution is -0.127. The van der Waals surface area contributed by atoms with E-state index in [9.17, 15) is 4.79 Å². The number of amides is 1. The number of carbonyl (C=O) groups is 1. The Morgan fingerprint density at radius 2 is 1.92 bits per heavy atom. The molecule has 1 fully saturated rings. The van der Waals surface area contributed by atoms with E-state index in [1.54, 1.807) is 0 Å². The maximum Gasteiger partial charge on any atom is 0.224 e. The first-order valence-electron chi connectivity index (χ1n) is 4.53. The Hall–Kier alpha value is -0.530. The monoisotopic (exact) mass is 169 g/mol. The van der Waals surface area contributed by atoms with Gasteiger partial charge in [-0.15, -0.1) is 0 Å². The average molecular weight is 169 g/mol. The van der Waals surface area contributed by atoms with Crippen LogP contribution in [-0.2, 0) is 4.79 Å². The fourth-order valence-corrected chi connectivity index (χ4v) is 2.44. The van der Waals surface area contributed by atoms with Gasteiger partial charge in [-0.25, -0.2) is 0 Å². The van der Waals surface area contributed by atoms with Crippen molar-refractivity contribution in [2.24, 2.45) is 16.7 Å². The number of carbonyl (C=O) groups excluding carboxylic acids is 1. The summed E-state index contributed by atoms with van der Waals surface area (Å²) >= 11 is 0. The lowest BCUT2D eigenvalue weighted by atomic mass is 9.67. The molecule has 2 heteroatoms. The Labute approximate surface area is 74.7 Å². The van der Waals surface area contributed by atoms with E-state index in [-0.39, 0.29) is 22.7 Å². The molecule has 12 heavy (non-hydrogen) atoms. The van der Waals surface area contributed by atoms with Crippen LogP contribution in [0.3, 0.4) is 0 Å². The molecule has 0 aromatic rings. The molecule has 1 heterocycles. The minimum atomic E-state index is 0.0735. The zero-order valence-electron chi connectivity index (χ0n) is 8.69. The quantitative estimate of drug-likeness (QED) is 0.588. The van der Waals surface area contributed by atoms with Crippen LogP contribution in [0.1, 0.15) is 34.6 Å². The van der Waals surface area contributed by atoms with Crippen molar-refractivity contribution in [2.75, 3.05) is 6.54 Å². The third kappa shape index (κ3) is 1.47. The van der Waals surface area contributed by atoms with Gasteiger partial charge < -0.3 is 5.32 Å². The van der Waals surface area contributed by atoms with E-state index in [1.165, 1.54) is 0 Å². The van der Waals surface area contributed by atoms with Crippen molar-refractivity contribution in [3.8, 4) is 0 Å². The molecule has 0 spiro atoms. The number of nitrogens with one attached hydrogen (secondary N) is 1. The first-order chi connectivity index (χ1) is 5.25. The first-order valence-corrected chi connectivity index (χ1v) is 4.53. The van der Waals surface area contributed by atoms with E-state index in [0.29, 0.717) is 0 Å². The maximum absolute atomic E-state index is 11.5. The molecule has 0 saturated carbocycles. The van der Waals surface area contributed by atoms with E-state index in [1.807, 2.05) is 0 Å². The zero-order valence-corrected chi connectivity index (χ0v) is 8.69. The van der Waals surface area contributed by atoms with Crippen LogP contribution < -0.4 is 5.32 Å². The van der Waals surface area contributed by atoms with E-state index in [4.69, 9.17) is 0 Å². The minimum absolute atomic E-state index is 0.0735. The molecule has 1 unspecified atom stereocenters. The highest BCUT2D eigenvalue weighted by Crippen LogP contribution is 2.42. The molecular formula is C10H19NO. The second-order valence-electron chi connectivity index (χ2n) is 5.51. The van der Waals surface area contributed by atoms with Crippen molar-refractivity contribution >= 4 is 5.91 Å². The van der Waals surface area contributed by atoms with Crippen LogP contribution in [0.15, 0.2) is 0 Å². The third-order valence-electron chi connectivity index (χ3n) is 2.63. The van der Waals surface area contributed by atoms with Gasteiger partial charge in [0.25, 0.3) is 0 Å². The van der Waals surface area contributed by atoms with Gasteiger partial charge in [-0.3, -0.25) is 4.79 Å². The molecule has 0 radical (unpaired) electrons. The van der Waals surface area contributed by atoms with Gasteiger partial charge >= 0.3 is 0 Å².